The summed E-state index contributed by atoms with van der Waals surface area (Å²) < 4.78 is 0. The van der Waals surface area contributed by atoms with Gasteiger partial charge in [0.2, 0.25) is 0 Å². The largest absolute Gasteiger partial charge is 0.328 e. The van der Waals surface area contributed by atoms with Gasteiger partial charge in [-0.25, -0.2) is 0 Å². The SMILES string of the molecule is CC(C)(CNCC1CCC(N)CC1)c1ccncc1. The van der Waals surface area contributed by atoms with Gasteiger partial charge in [-0.2, -0.15) is 0 Å². The molecular formula is C16H27N3. The topological polar surface area (TPSA) is 50.9 Å². The van der Waals surface area contributed by atoms with Crippen molar-refractivity contribution in [1.82, 2.24) is 10.3 Å². The average molecular weight is 261 g/mol. The average Bonchev–Trinajstić information content (AvgIpc) is 2.42. The predicted octanol–water partition coefficient (Wildman–Crippen LogP) is 2.47. The minimum Gasteiger partial charge on any atom is -0.328 e. The Kier molecular flexibility index (Phi) is 4.94. The van der Waals surface area contributed by atoms with Crippen LogP contribution in [0, 0.1) is 5.92 Å². The molecule has 0 bridgehead atoms. The first-order valence-corrected chi connectivity index (χ1v) is 7.45. The van der Waals surface area contributed by atoms with E-state index in [1.54, 1.807) is 0 Å². The molecule has 0 spiro atoms. The van der Waals surface area contributed by atoms with Crippen molar-refractivity contribution >= 4 is 0 Å². The zero-order chi connectivity index (χ0) is 13.7. The van der Waals surface area contributed by atoms with Crippen molar-refractivity contribution in [2.45, 2.75) is 51.0 Å². The highest BCUT2D eigenvalue weighted by molar-refractivity contribution is 5.20. The summed E-state index contributed by atoms with van der Waals surface area (Å²) in [5, 5.41) is 3.65. The van der Waals surface area contributed by atoms with E-state index in [9.17, 15) is 0 Å². The number of aromatic nitrogens is 1. The molecule has 0 saturated heterocycles. The molecule has 0 aliphatic heterocycles. The van der Waals surface area contributed by atoms with Crippen LogP contribution in [0.15, 0.2) is 24.5 Å². The maximum atomic E-state index is 5.94. The number of pyridine rings is 1. The molecule has 106 valence electrons. The fourth-order valence-electron chi connectivity index (χ4n) is 2.89. The zero-order valence-electron chi connectivity index (χ0n) is 12.2. The summed E-state index contributed by atoms with van der Waals surface area (Å²) in [6.45, 7) is 6.71. The van der Waals surface area contributed by atoms with Gasteiger partial charge in [0, 0.05) is 30.4 Å². The van der Waals surface area contributed by atoms with Crippen LogP contribution >= 0.6 is 0 Å². The Morgan fingerprint density at radius 1 is 1.21 bits per heavy atom. The van der Waals surface area contributed by atoms with Crippen molar-refractivity contribution < 1.29 is 0 Å². The maximum absolute atomic E-state index is 5.94. The van der Waals surface area contributed by atoms with Crippen molar-refractivity contribution in [3.05, 3.63) is 30.1 Å². The first-order valence-electron chi connectivity index (χ1n) is 7.45. The molecule has 1 aromatic heterocycles. The number of nitrogens with two attached hydrogens (primary N) is 1. The first-order chi connectivity index (χ1) is 9.08. The Morgan fingerprint density at radius 2 is 1.84 bits per heavy atom. The van der Waals surface area contributed by atoms with Crippen molar-refractivity contribution in [2.75, 3.05) is 13.1 Å². The third kappa shape index (κ3) is 4.29. The Labute approximate surface area is 117 Å². The molecule has 0 radical (unpaired) electrons. The van der Waals surface area contributed by atoms with E-state index in [1.807, 2.05) is 12.4 Å². The lowest BCUT2D eigenvalue weighted by Gasteiger charge is -2.29. The van der Waals surface area contributed by atoms with E-state index in [0.29, 0.717) is 6.04 Å². The maximum Gasteiger partial charge on any atom is 0.0270 e. The van der Waals surface area contributed by atoms with E-state index in [-0.39, 0.29) is 5.41 Å². The van der Waals surface area contributed by atoms with Gasteiger partial charge in [0.25, 0.3) is 0 Å². The normalized spacial score (nSPS) is 24.4. The van der Waals surface area contributed by atoms with E-state index in [0.717, 1.165) is 19.0 Å². The van der Waals surface area contributed by atoms with Gasteiger partial charge < -0.3 is 11.1 Å². The van der Waals surface area contributed by atoms with Crippen LogP contribution in [-0.2, 0) is 5.41 Å². The number of nitrogens with one attached hydrogen (secondary N) is 1. The van der Waals surface area contributed by atoms with Gasteiger partial charge in [-0.3, -0.25) is 4.98 Å². The molecule has 2 rings (SSSR count). The Balaban J connectivity index is 1.76. The molecule has 0 atom stereocenters. The number of rotatable bonds is 5. The summed E-state index contributed by atoms with van der Waals surface area (Å²) >= 11 is 0. The first kappa shape index (κ1) is 14.5. The summed E-state index contributed by atoms with van der Waals surface area (Å²) in [4.78, 5) is 4.09. The molecule has 1 saturated carbocycles. The van der Waals surface area contributed by atoms with Gasteiger partial charge in [-0.15, -0.1) is 0 Å². The lowest BCUT2D eigenvalue weighted by molar-refractivity contribution is 0.306. The van der Waals surface area contributed by atoms with Crippen LogP contribution in [0.1, 0.15) is 45.1 Å². The van der Waals surface area contributed by atoms with Gasteiger partial charge in [-0.1, -0.05) is 13.8 Å². The van der Waals surface area contributed by atoms with Crippen LogP contribution in [0.25, 0.3) is 0 Å². The minimum atomic E-state index is 0.161. The predicted molar refractivity (Wildman–Crippen MR) is 80.1 cm³/mol. The van der Waals surface area contributed by atoms with Crippen molar-refractivity contribution in [3.8, 4) is 0 Å². The highest BCUT2D eigenvalue weighted by atomic mass is 14.9. The standard InChI is InChI=1S/C16H27N3/c1-16(2,14-7-9-18-10-8-14)12-19-11-13-3-5-15(17)6-4-13/h7-10,13,15,19H,3-6,11-12,17H2,1-2H3. The molecule has 1 aromatic rings. The molecule has 1 aliphatic rings. The summed E-state index contributed by atoms with van der Waals surface area (Å²) in [6, 6.07) is 4.67. The molecular weight excluding hydrogens is 234 g/mol. The highest BCUT2D eigenvalue weighted by Gasteiger charge is 2.22. The van der Waals surface area contributed by atoms with E-state index in [2.05, 4.69) is 36.3 Å². The molecule has 19 heavy (non-hydrogen) atoms. The van der Waals surface area contributed by atoms with Gasteiger partial charge in [0.05, 0.1) is 0 Å². The van der Waals surface area contributed by atoms with Gasteiger partial charge in [0.15, 0.2) is 0 Å². The third-order valence-corrected chi connectivity index (χ3v) is 4.35. The second-order valence-electron chi connectivity index (χ2n) is 6.53. The monoisotopic (exact) mass is 261 g/mol. The van der Waals surface area contributed by atoms with Gasteiger partial charge in [0.1, 0.15) is 0 Å². The van der Waals surface area contributed by atoms with Crippen LogP contribution in [0.4, 0.5) is 0 Å². The van der Waals surface area contributed by atoms with Gasteiger partial charge in [-0.05, 0) is 55.8 Å². The molecule has 3 heteroatoms. The Bertz CT molecular complexity index is 367. The highest BCUT2D eigenvalue weighted by Crippen LogP contribution is 2.24. The Morgan fingerprint density at radius 3 is 2.47 bits per heavy atom. The lowest BCUT2D eigenvalue weighted by atomic mass is 9.84. The lowest BCUT2D eigenvalue weighted by Crippen LogP contribution is -2.37. The Hall–Kier alpha value is -0.930. The van der Waals surface area contributed by atoms with Crippen LogP contribution in [0.2, 0.25) is 0 Å². The van der Waals surface area contributed by atoms with Crippen LogP contribution in [0.3, 0.4) is 0 Å². The smallest absolute Gasteiger partial charge is 0.0270 e. The number of hydrogen-bond donors (Lipinski definition) is 2. The second kappa shape index (κ2) is 6.49. The van der Waals surface area contributed by atoms with E-state index in [1.165, 1.54) is 31.2 Å². The quantitative estimate of drug-likeness (QED) is 0.856. The molecule has 0 aromatic carbocycles. The summed E-state index contributed by atoms with van der Waals surface area (Å²) in [5.74, 6) is 0.813. The summed E-state index contributed by atoms with van der Waals surface area (Å²) in [5.41, 5.74) is 7.45. The van der Waals surface area contributed by atoms with Crippen LogP contribution in [0.5, 0.6) is 0 Å². The molecule has 1 fully saturated rings. The molecule has 1 aliphatic carbocycles. The zero-order valence-corrected chi connectivity index (χ0v) is 12.2. The fourth-order valence-corrected chi connectivity index (χ4v) is 2.89. The van der Waals surface area contributed by atoms with E-state index >= 15 is 0 Å². The van der Waals surface area contributed by atoms with Crippen molar-refractivity contribution in [2.24, 2.45) is 11.7 Å². The van der Waals surface area contributed by atoms with Gasteiger partial charge >= 0.3 is 0 Å². The van der Waals surface area contributed by atoms with Crippen LogP contribution < -0.4 is 11.1 Å². The number of nitrogens with zero attached hydrogens (tertiary/aromatic N) is 1. The molecule has 0 unspecified atom stereocenters. The third-order valence-electron chi connectivity index (χ3n) is 4.35. The molecule has 3 nitrogen and oxygen atoms in total. The second-order valence-corrected chi connectivity index (χ2v) is 6.53. The molecule has 3 N–H and O–H groups in total. The molecule has 0 amide bonds. The van der Waals surface area contributed by atoms with E-state index in [4.69, 9.17) is 5.73 Å². The number of hydrogen-bond acceptors (Lipinski definition) is 3. The molecule has 1 heterocycles. The van der Waals surface area contributed by atoms with E-state index < -0.39 is 0 Å². The van der Waals surface area contributed by atoms with Crippen LogP contribution in [-0.4, -0.2) is 24.1 Å². The summed E-state index contributed by atoms with van der Waals surface area (Å²) in [6.07, 6.45) is 8.70. The van der Waals surface area contributed by atoms with Crippen molar-refractivity contribution in [1.29, 1.82) is 0 Å². The minimum absolute atomic E-state index is 0.161. The fraction of sp³-hybridized carbons (Fsp3) is 0.688. The summed E-state index contributed by atoms with van der Waals surface area (Å²) in [7, 11) is 0. The van der Waals surface area contributed by atoms with Crippen molar-refractivity contribution in [3.63, 3.8) is 0 Å².